The van der Waals surface area contributed by atoms with Crippen molar-refractivity contribution in [3.8, 4) is 5.75 Å². The lowest BCUT2D eigenvalue weighted by atomic mass is 9.93. The van der Waals surface area contributed by atoms with Gasteiger partial charge in [-0.1, -0.05) is 0 Å². The van der Waals surface area contributed by atoms with Crippen molar-refractivity contribution < 1.29 is 9.30 Å². The normalized spacial score (nSPS) is 17.1. The van der Waals surface area contributed by atoms with Crippen LogP contribution in [0.1, 0.15) is 46.7 Å². The summed E-state index contributed by atoms with van der Waals surface area (Å²) < 4.78 is 8.50. The lowest BCUT2D eigenvalue weighted by Gasteiger charge is -2.12. The summed E-state index contributed by atoms with van der Waals surface area (Å²) in [6, 6.07) is 0. The smallest absolute Gasteiger partial charge is 0.300 e. The van der Waals surface area contributed by atoms with Crippen molar-refractivity contribution in [3.05, 3.63) is 33.5 Å². The number of benzene rings is 1. The quantitative estimate of drug-likeness (QED) is 0.652. The first kappa shape index (κ1) is 12.5. The summed E-state index contributed by atoms with van der Waals surface area (Å²) in [5, 5.41) is 1.38. The van der Waals surface area contributed by atoms with Crippen LogP contribution in [0.15, 0.2) is 0 Å². The van der Waals surface area contributed by atoms with Crippen molar-refractivity contribution >= 4 is 10.9 Å². The highest BCUT2D eigenvalue weighted by molar-refractivity contribution is 5.91. The Balaban J connectivity index is 2.67. The fraction of sp³-hybridized carbons (Fsp3) is 0.471. The fourth-order valence-electron chi connectivity index (χ4n) is 3.43. The Hall–Kier alpha value is -1.57. The number of aromatic nitrogens is 1. The number of rotatable bonds is 0. The molecular weight excluding hydrogens is 234 g/mol. The SMILES string of the molecule is Cc1c(C)c2c3c(c1C)c(C)c(C)c(C)[n+]3C(C)O2. The molecule has 0 saturated carbocycles. The van der Waals surface area contributed by atoms with Crippen LogP contribution < -0.4 is 9.30 Å². The van der Waals surface area contributed by atoms with Crippen LogP contribution in [0.5, 0.6) is 5.75 Å². The Bertz CT molecular complexity index is 720. The van der Waals surface area contributed by atoms with Gasteiger partial charge in [-0.2, -0.15) is 4.57 Å². The first-order valence-corrected chi connectivity index (χ1v) is 6.97. The van der Waals surface area contributed by atoms with Crippen molar-refractivity contribution in [2.45, 2.75) is 54.7 Å². The maximum atomic E-state index is 6.14. The van der Waals surface area contributed by atoms with E-state index in [9.17, 15) is 0 Å². The Morgan fingerprint density at radius 2 is 1.37 bits per heavy atom. The number of pyridine rings is 1. The number of hydrogen-bond donors (Lipinski definition) is 0. The molecule has 0 bridgehead atoms. The molecule has 0 amide bonds. The van der Waals surface area contributed by atoms with E-state index in [1.54, 1.807) is 0 Å². The summed E-state index contributed by atoms with van der Waals surface area (Å²) >= 11 is 0. The van der Waals surface area contributed by atoms with Crippen molar-refractivity contribution in [2.24, 2.45) is 0 Å². The van der Waals surface area contributed by atoms with E-state index < -0.39 is 0 Å². The second kappa shape index (κ2) is 3.72. The van der Waals surface area contributed by atoms with Gasteiger partial charge in [-0.25, -0.2) is 0 Å². The molecule has 1 aliphatic heterocycles. The minimum absolute atomic E-state index is 0.0942. The fourth-order valence-corrected chi connectivity index (χ4v) is 3.43. The second-order valence-electron chi connectivity index (χ2n) is 5.85. The molecule has 100 valence electrons. The van der Waals surface area contributed by atoms with Crippen LogP contribution in [0, 0.1) is 41.5 Å². The van der Waals surface area contributed by atoms with Crippen molar-refractivity contribution in [2.75, 3.05) is 0 Å². The molecule has 0 aliphatic carbocycles. The molecule has 0 fully saturated rings. The summed E-state index contributed by atoms with van der Waals surface area (Å²) in [5.41, 5.74) is 9.40. The van der Waals surface area contributed by atoms with Gasteiger partial charge in [-0.05, 0) is 51.3 Å². The van der Waals surface area contributed by atoms with Gasteiger partial charge in [0.2, 0.25) is 5.75 Å². The van der Waals surface area contributed by atoms with Gasteiger partial charge in [0.1, 0.15) is 0 Å². The van der Waals surface area contributed by atoms with Gasteiger partial charge in [0.15, 0.2) is 5.69 Å². The van der Waals surface area contributed by atoms with Crippen LogP contribution in [0.2, 0.25) is 0 Å². The Morgan fingerprint density at radius 1 is 0.789 bits per heavy atom. The van der Waals surface area contributed by atoms with Gasteiger partial charge in [0, 0.05) is 25.0 Å². The van der Waals surface area contributed by atoms with Gasteiger partial charge in [-0.3, -0.25) is 0 Å². The summed E-state index contributed by atoms with van der Waals surface area (Å²) in [4.78, 5) is 0. The zero-order chi connectivity index (χ0) is 14.1. The van der Waals surface area contributed by atoms with Crippen LogP contribution in [-0.2, 0) is 0 Å². The van der Waals surface area contributed by atoms with Gasteiger partial charge >= 0.3 is 0 Å². The third-order valence-electron chi connectivity index (χ3n) is 5.03. The molecule has 2 heterocycles. The largest absolute Gasteiger partial charge is 0.426 e. The van der Waals surface area contributed by atoms with E-state index in [0.717, 1.165) is 5.75 Å². The third kappa shape index (κ3) is 1.35. The Kier molecular flexibility index (Phi) is 2.44. The first-order chi connectivity index (χ1) is 8.86. The summed E-state index contributed by atoms with van der Waals surface area (Å²) in [6.45, 7) is 15.4. The number of hydrogen-bond acceptors (Lipinski definition) is 1. The average molecular weight is 256 g/mol. The van der Waals surface area contributed by atoms with E-state index >= 15 is 0 Å². The molecule has 0 radical (unpaired) electrons. The van der Waals surface area contributed by atoms with Gasteiger partial charge in [0.05, 0.1) is 5.39 Å². The molecule has 19 heavy (non-hydrogen) atoms. The molecule has 2 nitrogen and oxygen atoms in total. The number of nitrogens with zero attached hydrogens (tertiary/aromatic N) is 1. The summed E-state index contributed by atoms with van der Waals surface area (Å²) in [6.07, 6.45) is 0.0942. The monoisotopic (exact) mass is 256 g/mol. The Labute approximate surface area is 115 Å². The van der Waals surface area contributed by atoms with Gasteiger partial charge in [0.25, 0.3) is 11.7 Å². The maximum Gasteiger partial charge on any atom is 0.300 e. The first-order valence-electron chi connectivity index (χ1n) is 6.97. The predicted molar refractivity (Wildman–Crippen MR) is 77.9 cm³/mol. The van der Waals surface area contributed by atoms with E-state index in [1.165, 1.54) is 44.4 Å². The molecule has 1 aliphatic rings. The maximum absolute atomic E-state index is 6.14. The molecule has 0 spiro atoms. The highest BCUT2D eigenvalue weighted by Gasteiger charge is 2.37. The molecule has 1 unspecified atom stereocenters. The highest BCUT2D eigenvalue weighted by Crippen LogP contribution is 2.40. The standard InChI is InChI=1S/C17H22NO/c1-8-10(3)15-11(4)9(2)13(6)18-14(7)19-17(12(8)5)16(15)18/h14H,1-7H3/q+1. The minimum Gasteiger partial charge on any atom is -0.426 e. The summed E-state index contributed by atoms with van der Waals surface area (Å²) in [5.74, 6) is 1.08. The van der Waals surface area contributed by atoms with E-state index in [2.05, 4.69) is 53.0 Å². The van der Waals surface area contributed by atoms with Crippen molar-refractivity contribution in [3.63, 3.8) is 0 Å². The number of aryl methyl sites for hydroxylation is 2. The van der Waals surface area contributed by atoms with Gasteiger partial charge < -0.3 is 4.74 Å². The lowest BCUT2D eigenvalue weighted by molar-refractivity contribution is -0.720. The van der Waals surface area contributed by atoms with Crippen molar-refractivity contribution in [1.82, 2.24) is 0 Å². The molecule has 1 atom stereocenters. The average Bonchev–Trinajstić information content (AvgIpc) is 2.71. The van der Waals surface area contributed by atoms with E-state index in [4.69, 9.17) is 4.74 Å². The lowest BCUT2D eigenvalue weighted by Crippen LogP contribution is -2.41. The molecule has 1 aromatic heterocycles. The highest BCUT2D eigenvalue weighted by atomic mass is 16.5. The van der Waals surface area contributed by atoms with Crippen LogP contribution >= 0.6 is 0 Å². The van der Waals surface area contributed by atoms with Crippen molar-refractivity contribution in [1.29, 1.82) is 0 Å². The van der Waals surface area contributed by atoms with E-state index in [-0.39, 0.29) is 6.23 Å². The molecule has 3 rings (SSSR count). The van der Waals surface area contributed by atoms with Crippen LogP contribution in [-0.4, -0.2) is 0 Å². The molecule has 0 saturated heterocycles. The molecule has 0 N–H and O–H groups in total. The molecule has 1 aromatic carbocycles. The summed E-state index contributed by atoms with van der Waals surface area (Å²) in [7, 11) is 0. The predicted octanol–water partition coefficient (Wildman–Crippen LogP) is 3.89. The second-order valence-corrected chi connectivity index (χ2v) is 5.85. The third-order valence-corrected chi connectivity index (χ3v) is 5.03. The van der Waals surface area contributed by atoms with E-state index in [0.29, 0.717) is 0 Å². The van der Waals surface area contributed by atoms with Crippen LogP contribution in [0.25, 0.3) is 10.9 Å². The Morgan fingerprint density at radius 3 is 2.00 bits per heavy atom. The topological polar surface area (TPSA) is 13.1 Å². The van der Waals surface area contributed by atoms with Gasteiger partial charge in [-0.15, -0.1) is 0 Å². The minimum atomic E-state index is 0.0942. The molecule has 2 heteroatoms. The van der Waals surface area contributed by atoms with Crippen LogP contribution in [0.3, 0.4) is 0 Å². The van der Waals surface area contributed by atoms with E-state index in [1.807, 2.05) is 0 Å². The zero-order valence-electron chi connectivity index (χ0n) is 12.9. The zero-order valence-corrected chi connectivity index (χ0v) is 12.9. The number of ether oxygens (including phenoxy) is 1. The van der Waals surface area contributed by atoms with Crippen LogP contribution in [0.4, 0.5) is 0 Å². The molecule has 2 aromatic rings. The molecular formula is C17H22NO+.